The quantitative estimate of drug-likeness (QED) is 0.590. The number of methoxy groups -OCH3 is 2. The third-order valence-corrected chi connectivity index (χ3v) is 5.29. The predicted octanol–water partition coefficient (Wildman–Crippen LogP) is 3.62. The molecule has 0 atom stereocenters. The fourth-order valence-corrected chi connectivity index (χ4v) is 3.63. The summed E-state index contributed by atoms with van der Waals surface area (Å²) in [6.45, 7) is 3.76. The van der Waals surface area contributed by atoms with Crippen LogP contribution in [-0.2, 0) is 4.74 Å². The lowest BCUT2D eigenvalue weighted by molar-refractivity contribution is 0.0416. The number of carbonyl (C=O) groups excluding carboxylic acids is 1. The van der Waals surface area contributed by atoms with E-state index in [0.717, 1.165) is 10.9 Å². The largest absolute Gasteiger partial charge is 0.497 e. The minimum Gasteiger partial charge on any atom is -0.497 e. The molecule has 1 saturated heterocycles. The van der Waals surface area contributed by atoms with Gasteiger partial charge in [-0.3, -0.25) is 0 Å². The first kappa shape index (κ1) is 20.7. The van der Waals surface area contributed by atoms with Crippen LogP contribution in [0, 0.1) is 6.92 Å². The molecule has 0 unspecified atom stereocenters. The second-order valence-corrected chi connectivity index (χ2v) is 7.08. The number of ether oxygens (including phenoxy) is 4. The lowest BCUT2D eigenvalue weighted by Gasteiger charge is -2.25. The van der Waals surface area contributed by atoms with E-state index in [0.29, 0.717) is 60.3 Å². The van der Waals surface area contributed by atoms with Crippen molar-refractivity contribution in [2.45, 2.75) is 6.92 Å². The monoisotopic (exact) mass is 425 g/mol. The molecule has 0 bridgehead atoms. The van der Waals surface area contributed by atoms with E-state index in [4.69, 9.17) is 23.4 Å². The van der Waals surface area contributed by atoms with E-state index in [9.17, 15) is 9.59 Å². The van der Waals surface area contributed by atoms with Crippen molar-refractivity contribution < 1.29 is 28.2 Å². The van der Waals surface area contributed by atoms with Crippen LogP contribution in [0.1, 0.15) is 5.56 Å². The van der Waals surface area contributed by atoms with Gasteiger partial charge in [0.15, 0.2) is 0 Å². The molecule has 1 fully saturated rings. The number of hydrogen-bond donors (Lipinski definition) is 0. The molecule has 0 radical (unpaired) electrons. The zero-order valence-corrected chi connectivity index (χ0v) is 17.6. The summed E-state index contributed by atoms with van der Waals surface area (Å²) < 4.78 is 27.0. The molecule has 0 N–H and O–H groups in total. The number of rotatable bonds is 4. The summed E-state index contributed by atoms with van der Waals surface area (Å²) >= 11 is 0. The maximum Gasteiger partial charge on any atom is 0.415 e. The Labute approximate surface area is 178 Å². The number of carbonyl (C=O) groups is 1. The van der Waals surface area contributed by atoms with Gasteiger partial charge in [0.2, 0.25) is 0 Å². The molecule has 0 aliphatic carbocycles. The standard InChI is InChI=1S/C23H23NO7/c1-14-17-6-4-16(30-23(26)24-8-10-29-11-9-24)13-20(17)31-22(25)21(14)18-12-15(27-2)5-7-19(18)28-3/h4-7,12-13H,8-11H2,1-3H3. The first-order valence-electron chi connectivity index (χ1n) is 9.86. The molecule has 1 aliphatic heterocycles. The molecule has 1 amide bonds. The predicted molar refractivity (Wildman–Crippen MR) is 114 cm³/mol. The van der Waals surface area contributed by atoms with Crippen molar-refractivity contribution in [3.63, 3.8) is 0 Å². The molecular weight excluding hydrogens is 402 g/mol. The van der Waals surface area contributed by atoms with Gasteiger partial charge in [-0.15, -0.1) is 0 Å². The number of nitrogens with zero attached hydrogens (tertiary/aromatic N) is 1. The van der Waals surface area contributed by atoms with Gasteiger partial charge in [-0.25, -0.2) is 9.59 Å². The lowest BCUT2D eigenvalue weighted by Crippen LogP contribution is -2.42. The molecule has 2 heterocycles. The zero-order valence-electron chi connectivity index (χ0n) is 17.6. The third kappa shape index (κ3) is 4.06. The Morgan fingerprint density at radius 1 is 1.00 bits per heavy atom. The van der Waals surface area contributed by atoms with Crippen molar-refractivity contribution in [1.82, 2.24) is 4.90 Å². The average Bonchev–Trinajstić information content (AvgIpc) is 2.79. The molecule has 8 nitrogen and oxygen atoms in total. The minimum absolute atomic E-state index is 0.304. The molecule has 2 aromatic carbocycles. The van der Waals surface area contributed by atoms with Crippen LogP contribution in [-0.4, -0.2) is 51.5 Å². The minimum atomic E-state index is -0.520. The number of benzene rings is 2. The zero-order chi connectivity index (χ0) is 22.0. The number of aryl methyl sites for hydroxylation is 1. The Kier molecular flexibility index (Phi) is 5.81. The SMILES string of the molecule is COc1ccc(OC)c(-c2c(C)c3ccc(OC(=O)N4CCOCC4)cc3oc2=O)c1. The molecule has 4 rings (SSSR count). The van der Waals surface area contributed by atoms with Gasteiger partial charge in [0.25, 0.3) is 0 Å². The fourth-order valence-electron chi connectivity index (χ4n) is 3.63. The van der Waals surface area contributed by atoms with Crippen LogP contribution in [0.15, 0.2) is 45.6 Å². The Bertz CT molecular complexity index is 1180. The molecule has 3 aromatic rings. The number of fused-ring (bicyclic) bond motifs is 1. The Hall–Kier alpha value is -3.52. The van der Waals surface area contributed by atoms with Crippen LogP contribution in [0.25, 0.3) is 22.1 Å². The van der Waals surface area contributed by atoms with Crippen LogP contribution in [0.2, 0.25) is 0 Å². The summed E-state index contributed by atoms with van der Waals surface area (Å²) in [5, 5.41) is 0.727. The highest BCUT2D eigenvalue weighted by Crippen LogP contribution is 2.36. The highest BCUT2D eigenvalue weighted by Gasteiger charge is 2.21. The number of hydrogen-bond acceptors (Lipinski definition) is 7. The number of amides is 1. The molecule has 1 aromatic heterocycles. The van der Waals surface area contributed by atoms with Gasteiger partial charge in [0.05, 0.1) is 33.0 Å². The van der Waals surface area contributed by atoms with Crippen molar-refractivity contribution in [3.05, 3.63) is 52.4 Å². The van der Waals surface area contributed by atoms with E-state index in [-0.39, 0.29) is 0 Å². The summed E-state index contributed by atoms with van der Waals surface area (Å²) in [5.74, 6) is 1.44. The lowest BCUT2D eigenvalue weighted by atomic mass is 9.98. The Balaban J connectivity index is 1.72. The van der Waals surface area contributed by atoms with Crippen molar-refractivity contribution >= 4 is 17.1 Å². The molecular formula is C23H23NO7. The highest BCUT2D eigenvalue weighted by molar-refractivity contribution is 5.89. The smallest absolute Gasteiger partial charge is 0.415 e. The summed E-state index contributed by atoms with van der Waals surface area (Å²) in [7, 11) is 3.10. The molecule has 162 valence electrons. The van der Waals surface area contributed by atoms with Crippen LogP contribution < -0.4 is 19.8 Å². The van der Waals surface area contributed by atoms with Gasteiger partial charge in [-0.05, 0) is 42.8 Å². The van der Waals surface area contributed by atoms with Gasteiger partial charge in [-0.2, -0.15) is 0 Å². The van der Waals surface area contributed by atoms with Gasteiger partial charge < -0.3 is 28.3 Å². The molecule has 1 aliphatic rings. The van der Waals surface area contributed by atoms with Gasteiger partial charge in [-0.1, -0.05) is 0 Å². The highest BCUT2D eigenvalue weighted by atomic mass is 16.6. The summed E-state index contributed by atoms with van der Waals surface area (Å²) in [6.07, 6.45) is -0.459. The molecule has 0 saturated carbocycles. The van der Waals surface area contributed by atoms with E-state index in [1.165, 1.54) is 0 Å². The Morgan fingerprint density at radius 2 is 1.74 bits per heavy atom. The maximum atomic E-state index is 12.9. The van der Waals surface area contributed by atoms with Crippen LogP contribution in [0.5, 0.6) is 17.2 Å². The second kappa shape index (κ2) is 8.69. The summed E-state index contributed by atoms with van der Waals surface area (Å²) in [6, 6.07) is 10.2. The topological polar surface area (TPSA) is 87.4 Å². The van der Waals surface area contributed by atoms with Crippen molar-refractivity contribution in [1.29, 1.82) is 0 Å². The summed E-state index contributed by atoms with van der Waals surface area (Å²) in [4.78, 5) is 26.8. The van der Waals surface area contributed by atoms with Crippen LogP contribution in [0.4, 0.5) is 4.79 Å². The van der Waals surface area contributed by atoms with Gasteiger partial charge >= 0.3 is 11.7 Å². The van der Waals surface area contributed by atoms with Gasteiger partial charge in [0, 0.05) is 30.1 Å². The van der Waals surface area contributed by atoms with Gasteiger partial charge in [0.1, 0.15) is 22.8 Å². The normalized spacial score (nSPS) is 13.8. The third-order valence-electron chi connectivity index (χ3n) is 5.29. The van der Waals surface area contributed by atoms with E-state index in [2.05, 4.69) is 0 Å². The Morgan fingerprint density at radius 3 is 2.45 bits per heavy atom. The van der Waals surface area contributed by atoms with Crippen molar-refractivity contribution in [3.8, 4) is 28.4 Å². The summed E-state index contributed by atoms with van der Waals surface area (Å²) in [5.41, 5.74) is 1.51. The molecule has 31 heavy (non-hydrogen) atoms. The second-order valence-electron chi connectivity index (χ2n) is 7.08. The van der Waals surface area contributed by atoms with Crippen LogP contribution >= 0.6 is 0 Å². The number of morpholine rings is 1. The maximum absolute atomic E-state index is 12.9. The van der Waals surface area contributed by atoms with E-state index < -0.39 is 11.7 Å². The molecule has 8 heteroatoms. The molecule has 0 spiro atoms. The van der Waals surface area contributed by atoms with E-state index in [1.807, 2.05) is 6.92 Å². The first-order chi connectivity index (χ1) is 15.0. The average molecular weight is 425 g/mol. The van der Waals surface area contributed by atoms with Crippen molar-refractivity contribution in [2.24, 2.45) is 0 Å². The van der Waals surface area contributed by atoms with Crippen molar-refractivity contribution in [2.75, 3.05) is 40.5 Å². The van der Waals surface area contributed by atoms with E-state index >= 15 is 0 Å². The van der Waals surface area contributed by atoms with E-state index in [1.54, 1.807) is 55.5 Å². The fraction of sp³-hybridized carbons (Fsp3) is 0.304. The van der Waals surface area contributed by atoms with Crippen LogP contribution in [0.3, 0.4) is 0 Å². The first-order valence-corrected chi connectivity index (χ1v) is 9.86.